The van der Waals surface area contributed by atoms with Crippen molar-refractivity contribution >= 4 is 33.9 Å². The maximum Gasteiger partial charge on any atom is 0.204 e. The van der Waals surface area contributed by atoms with Gasteiger partial charge in [-0.15, -0.1) is 0 Å². The molecule has 2 aliphatic rings. The molecule has 0 spiro atoms. The van der Waals surface area contributed by atoms with Crippen LogP contribution in [-0.4, -0.2) is 39.1 Å². The third-order valence-electron chi connectivity index (χ3n) is 5.59. The zero-order valence-corrected chi connectivity index (χ0v) is 15.1. The van der Waals surface area contributed by atoms with Crippen LogP contribution in [0.25, 0.3) is 10.9 Å². The summed E-state index contributed by atoms with van der Waals surface area (Å²) in [6, 6.07) is 11.4. The summed E-state index contributed by atoms with van der Waals surface area (Å²) >= 11 is 0. The summed E-state index contributed by atoms with van der Waals surface area (Å²) in [6.07, 6.45) is 1.97. The summed E-state index contributed by atoms with van der Waals surface area (Å²) in [7, 11) is 0. The number of carbonyl (C=O) groups excluding carboxylic acids is 1. The van der Waals surface area contributed by atoms with Crippen LogP contribution in [0.4, 0.5) is 11.4 Å². The lowest BCUT2D eigenvalue weighted by atomic mass is 9.86. The fourth-order valence-electron chi connectivity index (χ4n) is 3.89. The van der Waals surface area contributed by atoms with E-state index < -0.39 is 5.60 Å². The van der Waals surface area contributed by atoms with E-state index in [0.29, 0.717) is 30.1 Å². The Morgan fingerprint density at radius 1 is 1.11 bits per heavy atom. The van der Waals surface area contributed by atoms with E-state index in [4.69, 9.17) is 4.99 Å². The molecule has 6 nitrogen and oxygen atoms in total. The average Bonchev–Trinajstić information content (AvgIpc) is 3.01. The highest BCUT2D eigenvalue weighted by Gasteiger charge is 2.52. The molecule has 6 heteroatoms. The van der Waals surface area contributed by atoms with Crippen LogP contribution in [0.2, 0.25) is 0 Å². The van der Waals surface area contributed by atoms with Gasteiger partial charge in [-0.25, -0.2) is 4.99 Å². The minimum Gasteiger partial charge on any atom is -0.374 e. The summed E-state index contributed by atoms with van der Waals surface area (Å²) in [5.41, 5.74) is 3.33. The van der Waals surface area contributed by atoms with Crippen LogP contribution >= 0.6 is 0 Å². The van der Waals surface area contributed by atoms with Crippen molar-refractivity contribution in [3.63, 3.8) is 0 Å². The smallest absolute Gasteiger partial charge is 0.204 e. The predicted molar refractivity (Wildman–Crippen MR) is 104 cm³/mol. The molecule has 1 aromatic heterocycles. The van der Waals surface area contributed by atoms with E-state index in [2.05, 4.69) is 10.2 Å². The number of hydrogen-bond donors (Lipinski definition) is 1. The molecule has 0 unspecified atom stereocenters. The topological polar surface area (TPSA) is 78.7 Å². The Hall–Kier alpha value is -3.12. The van der Waals surface area contributed by atoms with Gasteiger partial charge in [-0.1, -0.05) is 0 Å². The van der Waals surface area contributed by atoms with Gasteiger partial charge in [0.05, 0.1) is 17.4 Å². The molecule has 27 heavy (non-hydrogen) atoms. The standard InChI is InChI=1S/C21H18N4O2/c1-12-9-16-18(10-13(12)2)23-20-21(27,19(16)26)6-8-25(20)15-3-4-17-14(11-15)5-7-22-24-17/h3-5,7,9-11,27H,6,8H2,1-2H3/t21-/m1/s1. The van der Waals surface area contributed by atoms with Crippen molar-refractivity contribution in [2.75, 3.05) is 11.4 Å². The van der Waals surface area contributed by atoms with Gasteiger partial charge in [0.2, 0.25) is 5.78 Å². The average molecular weight is 358 g/mol. The van der Waals surface area contributed by atoms with E-state index in [1.54, 1.807) is 6.20 Å². The van der Waals surface area contributed by atoms with Gasteiger partial charge in [-0.3, -0.25) is 4.79 Å². The van der Waals surface area contributed by atoms with Crippen molar-refractivity contribution in [1.29, 1.82) is 0 Å². The first kappa shape index (κ1) is 16.1. The zero-order chi connectivity index (χ0) is 18.8. The number of nitrogens with zero attached hydrogens (tertiary/aromatic N) is 4. The predicted octanol–water partition coefficient (Wildman–Crippen LogP) is 3.11. The van der Waals surface area contributed by atoms with Gasteiger partial charge in [0.25, 0.3) is 0 Å². The number of hydrogen-bond acceptors (Lipinski definition) is 6. The molecule has 1 fully saturated rings. The summed E-state index contributed by atoms with van der Waals surface area (Å²) in [6.45, 7) is 4.49. The van der Waals surface area contributed by atoms with Crippen LogP contribution in [0.15, 0.2) is 47.6 Å². The molecule has 134 valence electrons. The summed E-state index contributed by atoms with van der Waals surface area (Å²) in [5, 5.41) is 20.1. The molecule has 0 amide bonds. The maximum atomic E-state index is 13.1. The monoisotopic (exact) mass is 358 g/mol. The van der Waals surface area contributed by atoms with E-state index in [1.807, 2.05) is 55.1 Å². The van der Waals surface area contributed by atoms with Crippen LogP contribution in [-0.2, 0) is 0 Å². The van der Waals surface area contributed by atoms with Gasteiger partial charge >= 0.3 is 0 Å². The number of aliphatic imine (C=N–C) groups is 1. The first-order chi connectivity index (χ1) is 13.0. The van der Waals surface area contributed by atoms with E-state index >= 15 is 0 Å². The second kappa shape index (κ2) is 5.44. The Kier molecular flexibility index (Phi) is 3.24. The minimum atomic E-state index is -1.57. The van der Waals surface area contributed by atoms with Gasteiger partial charge in [0.1, 0.15) is 5.84 Å². The van der Waals surface area contributed by atoms with Crippen LogP contribution in [0, 0.1) is 13.8 Å². The van der Waals surface area contributed by atoms with Crippen molar-refractivity contribution in [3.8, 4) is 0 Å². The molecule has 0 bridgehead atoms. The lowest BCUT2D eigenvalue weighted by Crippen LogP contribution is -2.48. The lowest BCUT2D eigenvalue weighted by molar-refractivity contribution is 0.0602. The molecule has 0 saturated carbocycles. The molecule has 2 aromatic carbocycles. The molecule has 0 radical (unpaired) electrons. The molecular formula is C21H18N4O2. The fourth-order valence-corrected chi connectivity index (χ4v) is 3.89. The van der Waals surface area contributed by atoms with Gasteiger partial charge in [0, 0.05) is 29.6 Å². The summed E-state index contributed by atoms with van der Waals surface area (Å²) < 4.78 is 0. The van der Waals surface area contributed by atoms with Crippen LogP contribution in [0.3, 0.4) is 0 Å². The van der Waals surface area contributed by atoms with E-state index in [0.717, 1.165) is 27.7 Å². The highest BCUT2D eigenvalue weighted by molar-refractivity contribution is 6.28. The molecule has 3 heterocycles. The van der Waals surface area contributed by atoms with Gasteiger partial charge < -0.3 is 10.0 Å². The van der Waals surface area contributed by atoms with Crippen molar-refractivity contribution in [3.05, 3.63) is 59.3 Å². The Labute approximate surface area is 156 Å². The van der Waals surface area contributed by atoms with Crippen molar-refractivity contribution in [2.45, 2.75) is 25.9 Å². The number of rotatable bonds is 1. The molecule has 1 saturated heterocycles. The van der Waals surface area contributed by atoms with Crippen LogP contribution in [0.5, 0.6) is 0 Å². The number of anilines is 1. The molecular weight excluding hydrogens is 340 g/mol. The summed E-state index contributed by atoms with van der Waals surface area (Å²) in [5.74, 6) is 0.143. The largest absolute Gasteiger partial charge is 0.374 e. The summed E-state index contributed by atoms with van der Waals surface area (Å²) in [4.78, 5) is 19.7. The number of amidine groups is 1. The van der Waals surface area contributed by atoms with Gasteiger partial charge in [-0.05, 0) is 61.4 Å². The molecule has 0 aliphatic carbocycles. The fraction of sp³-hybridized carbons (Fsp3) is 0.238. The lowest BCUT2D eigenvalue weighted by Gasteiger charge is -2.30. The van der Waals surface area contributed by atoms with E-state index in [9.17, 15) is 9.90 Å². The van der Waals surface area contributed by atoms with Crippen molar-refractivity contribution < 1.29 is 9.90 Å². The Morgan fingerprint density at radius 2 is 1.93 bits per heavy atom. The zero-order valence-electron chi connectivity index (χ0n) is 15.1. The first-order valence-corrected chi connectivity index (χ1v) is 8.94. The second-order valence-electron chi connectivity index (χ2n) is 7.25. The second-order valence-corrected chi connectivity index (χ2v) is 7.25. The number of ketones is 1. The number of carbonyl (C=O) groups is 1. The molecule has 1 N–H and O–H groups in total. The normalized spacial score (nSPS) is 21.2. The highest BCUT2D eigenvalue weighted by atomic mass is 16.3. The number of aromatic nitrogens is 2. The quantitative estimate of drug-likeness (QED) is 0.723. The van der Waals surface area contributed by atoms with Crippen LogP contribution in [0.1, 0.15) is 27.9 Å². The Bertz CT molecular complexity index is 1150. The number of benzene rings is 2. The minimum absolute atomic E-state index is 0.264. The van der Waals surface area contributed by atoms with E-state index in [-0.39, 0.29) is 5.78 Å². The molecule has 5 rings (SSSR count). The highest BCUT2D eigenvalue weighted by Crippen LogP contribution is 2.40. The first-order valence-electron chi connectivity index (χ1n) is 8.94. The SMILES string of the molecule is Cc1cc2c(cc1C)C(=O)[C@]1(O)CCN(c3ccc4nnccc4c3)C1=N2. The molecule has 1 atom stereocenters. The molecule has 3 aromatic rings. The van der Waals surface area contributed by atoms with Crippen molar-refractivity contribution in [2.24, 2.45) is 4.99 Å². The van der Waals surface area contributed by atoms with Crippen molar-refractivity contribution in [1.82, 2.24) is 10.2 Å². The Balaban J connectivity index is 1.67. The Morgan fingerprint density at radius 3 is 2.78 bits per heavy atom. The van der Waals surface area contributed by atoms with Gasteiger partial charge in [0.15, 0.2) is 5.60 Å². The van der Waals surface area contributed by atoms with Gasteiger partial charge in [-0.2, -0.15) is 10.2 Å². The number of aryl methyl sites for hydroxylation is 2. The number of Topliss-reactive ketones (excluding diaryl/α,β-unsaturated/α-hetero) is 1. The third-order valence-corrected chi connectivity index (χ3v) is 5.59. The maximum absolute atomic E-state index is 13.1. The molecule has 2 aliphatic heterocycles. The number of aliphatic hydroxyl groups is 1. The van der Waals surface area contributed by atoms with E-state index in [1.165, 1.54) is 0 Å². The van der Waals surface area contributed by atoms with Crippen LogP contribution < -0.4 is 4.90 Å². The third kappa shape index (κ3) is 2.23. The number of fused-ring (bicyclic) bond motifs is 3.